The van der Waals surface area contributed by atoms with Gasteiger partial charge in [-0.1, -0.05) is 5.16 Å². The normalized spacial score (nSPS) is 16.5. The van der Waals surface area contributed by atoms with E-state index in [4.69, 9.17) is 14.0 Å². The van der Waals surface area contributed by atoms with E-state index in [0.717, 1.165) is 26.3 Å². The van der Waals surface area contributed by atoms with Crippen LogP contribution in [0.1, 0.15) is 16.2 Å². The van der Waals surface area contributed by atoms with Gasteiger partial charge in [0.2, 0.25) is 0 Å². The van der Waals surface area contributed by atoms with Gasteiger partial charge in [-0.25, -0.2) is 0 Å². The first-order valence-corrected chi connectivity index (χ1v) is 6.32. The number of methoxy groups -OCH3 is 1. The summed E-state index contributed by atoms with van der Waals surface area (Å²) < 4.78 is 15.3. The Morgan fingerprint density at radius 1 is 1.53 bits per heavy atom. The molecule has 0 saturated carbocycles. The Hall–Kier alpha value is -1.44. The first-order valence-electron chi connectivity index (χ1n) is 6.32. The van der Waals surface area contributed by atoms with Gasteiger partial charge in [-0.2, -0.15) is 0 Å². The van der Waals surface area contributed by atoms with Crippen molar-refractivity contribution in [2.45, 2.75) is 6.54 Å². The molecule has 0 atom stereocenters. The maximum Gasteiger partial charge on any atom is 0.273 e. The number of hydrogen-bond donors (Lipinski definition) is 1. The molecule has 0 unspecified atom stereocenters. The van der Waals surface area contributed by atoms with Crippen LogP contribution in [0.2, 0.25) is 0 Å². The molecule has 1 saturated heterocycles. The number of carbonyl (C=O) groups excluding carboxylic acids is 1. The average Bonchev–Trinajstić information content (AvgIpc) is 2.89. The zero-order valence-corrected chi connectivity index (χ0v) is 11.1. The van der Waals surface area contributed by atoms with Gasteiger partial charge in [0.15, 0.2) is 11.5 Å². The Kier molecular flexibility index (Phi) is 5.31. The summed E-state index contributed by atoms with van der Waals surface area (Å²) in [6.07, 6.45) is 0. The third-order valence-corrected chi connectivity index (χ3v) is 2.87. The van der Waals surface area contributed by atoms with Crippen molar-refractivity contribution in [2.24, 2.45) is 0 Å². The highest BCUT2D eigenvalue weighted by Crippen LogP contribution is 2.09. The molecule has 0 radical (unpaired) electrons. The lowest BCUT2D eigenvalue weighted by atomic mass is 10.3. The second-order valence-electron chi connectivity index (χ2n) is 4.32. The number of ether oxygens (including phenoxy) is 2. The van der Waals surface area contributed by atoms with E-state index in [9.17, 15) is 4.79 Å². The van der Waals surface area contributed by atoms with Gasteiger partial charge in [0.25, 0.3) is 5.91 Å². The summed E-state index contributed by atoms with van der Waals surface area (Å²) in [7, 11) is 1.59. The van der Waals surface area contributed by atoms with Crippen LogP contribution in [0.4, 0.5) is 0 Å². The lowest BCUT2D eigenvalue weighted by Gasteiger charge is -2.25. The standard InChI is InChI=1S/C12H19N3O4/c1-17-5-2-13-12(16)11-8-10(19-14-11)9-15-3-6-18-7-4-15/h8H,2-7,9H2,1H3,(H,13,16). The van der Waals surface area contributed by atoms with Crippen molar-refractivity contribution in [1.29, 1.82) is 0 Å². The van der Waals surface area contributed by atoms with Gasteiger partial charge in [-0.3, -0.25) is 9.69 Å². The van der Waals surface area contributed by atoms with Crippen LogP contribution in [0.5, 0.6) is 0 Å². The second-order valence-corrected chi connectivity index (χ2v) is 4.32. The zero-order valence-electron chi connectivity index (χ0n) is 11.1. The van der Waals surface area contributed by atoms with Crippen molar-refractivity contribution in [3.05, 3.63) is 17.5 Å². The Labute approximate surface area is 111 Å². The van der Waals surface area contributed by atoms with Crippen molar-refractivity contribution in [3.63, 3.8) is 0 Å². The van der Waals surface area contributed by atoms with E-state index in [0.29, 0.717) is 31.2 Å². The van der Waals surface area contributed by atoms with Crippen LogP contribution >= 0.6 is 0 Å². The maximum atomic E-state index is 11.7. The molecule has 1 N–H and O–H groups in total. The average molecular weight is 269 g/mol. The predicted molar refractivity (Wildman–Crippen MR) is 66.8 cm³/mol. The zero-order chi connectivity index (χ0) is 13.5. The summed E-state index contributed by atoms with van der Waals surface area (Å²) in [5.74, 6) is 0.452. The fraction of sp³-hybridized carbons (Fsp3) is 0.667. The largest absolute Gasteiger partial charge is 0.383 e. The number of nitrogens with zero attached hydrogens (tertiary/aromatic N) is 2. The molecule has 1 aromatic heterocycles. The third kappa shape index (κ3) is 4.30. The van der Waals surface area contributed by atoms with Gasteiger partial charge < -0.3 is 19.3 Å². The van der Waals surface area contributed by atoms with Crippen LogP contribution in [0.3, 0.4) is 0 Å². The SMILES string of the molecule is COCCNC(=O)c1cc(CN2CCOCC2)on1. The van der Waals surface area contributed by atoms with Gasteiger partial charge in [-0.15, -0.1) is 0 Å². The summed E-state index contributed by atoms with van der Waals surface area (Å²) in [6, 6.07) is 1.68. The Morgan fingerprint density at radius 3 is 3.05 bits per heavy atom. The minimum Gasteiger partial charge on any atom is -0.383 e. The molecule has 0 aliphatic carbocycles. The number of carbonyl (C=O) groups is 1. The highest BCUT2D eigenvalue weighted by Gasteiger charge is 2.16. The van der Waals surface area contributed by atoms with E-state index in [1.807, 2.05) is 0 Å². The van der Waals surface area contributed by atoms with Crippen molar-refractivity contribution in [1.82, 2.24) is 15.4 Å². The fourth-order valence-electron chi connectivity index (χ4n) is 1.83. The molecule has 1 aliphatic heterocycles. The van der Waals surface area contributed by atoms with Gasteiger partial charge in [-0.05, 0) is 0 Å². The number of rotatable bonds is 6. The molecule has 7 nitrogen and oxygen atoms in total. The van der Waals surface area contributed by atoms with E-state index >= 15 is 0 Å². The topological polar surface area (TPSA) is 76.8 Å². The molecule has 106 valence electrons. The second kappa shape index (κ2) is 7.22. The van der Waals surface area contributed by atoms with E-state index < -0.39 is 0 Å². The van der Waals surface area contributed by atoms with Crippen molar-refractivity contribution < 1.29 is 18.8 Å². The summed E-state index contributed by atoms with van der Waals surface area (Å²) in [5.41, 5.74) is 0.305. The molecule has 1 fully saturated rings. The van der Waals surface area contributed by atoms with Crippen LogP contribution in [-0.2, 0) is 16.0 Å². The molecule has 7 heteroatoms. The van der Waals surface area contributed by atoms with Crippen LogP contribution in [-0.4, -0.2) is 62.5 Å². The Morgan fingerprint density at radius 2 is 2.32 bits per heavy atom. The highest BCUT2D eigenvalue weighted by molar-refractivity contribution is 5.92. The summed E-state index contributed by atoms with van der Waals surface area (Å²) in [5, 5.41) is 6.47. The summed E-state index contributed by atoms with van der Waals surface area (Å²) in [6.45, 7) is 4.80. The van der Waals surface area contributed by atoms with Crippen molar-refractivity contribution in [3.8, 4) is 0 Å². The number of nitrogens with one attached hydrogen (secondary N) is 1. The monoisotopic (exact) mass is 269 g/mol. The quantitative estimate of drug-likeness (QED) is 0.726. The predicted octanol–water partition coefficient (Wildman–Crippen LogP) is -0.117. The van der Waals surface area contributed by atoms with Crippen molar-refractivity contribution >= 4 is 5.91 Å². The molecule has 1 aliphatic rings. The minimum atomic E-state index is -0.242. The smallest absolute Gasteiger partial charge is 0.273 e. The van der Waals surface area contributed by atoms with Gasteiger partial charge >= 0.3 is 0 Å². The lowest BCUT2D eigenvalue weighted by molar-refractivity contribution is 0.0305. The van der Waals surface area contributed by atoms with Crippen LogP contribution in [0.15, 0.2) is 10.6 Å². The third-order valence-electron chi connectivity index (χ3n) is 2.87. The van der Waals surface area contributed by atoms with Gasteiger partial charge in [0.1, 0.15) is 0 Å². The molecule has 2 rings (SSSR count). The van der Waals surface area contributed by atoms with Crippen LogP contribution in [0.25, 0.3) is 0 Å². The molecule has 0 spiro atoms. The molecular weight excluding hydrogens is 250 g/mol. The van der Waals surface area contributed by atoms with E-state index in [-0.39, 0.29) is 5.91 Å². The molecule has 1 aromatic rings. The first-order chi connectivity index (χ1) is 9.29. The van der Waals surface area contributed by atoms with E-state index in [1.165, 1.54) is 0 Å². The maximum absolute atomic E-state index is 11.7. The van der Waals surface area contributed by atoms with Crippen LogP contribution in [0, 0.1) is 0 Å². The lowest BCUT2D eigenvalue weighted by Crippen LogP contribution is -2.35. The minimum absolute atomic E-state index is 0.242. The summed E-state index contributed by atoms with van der Waals surface area (Å²) in [4.78, 5) is 13.9. The molecular formula is C12H19N3O4. The number of amides is 1. The molecule has 1 amide bonds. The molecule has 0 aromatic carbocycles. The number of morpholine rings is 1. The van der Waals surface area contributed by atoms with Gasteiger partial charge in [0, 0.05) is 32.8 Å². The van der Waals surface area contributed by atoms with Gasteiger partial charge in [0.05, 0.1) is 26.4 Å². The molecule has 0 bridgehead atoms. The fourth-order valence-corrected chi connectivity index (χ4v) is 1.83. The summed E-state index contributed by atoms with van der Waals surface area (Å²) >= 11 is 0. The number of aromatic nitrogens is 1. The Balaban J connectivity index is 1.82. The van der Waals surface area contributed by atoms with E-state index in [1.54, 1.807) is 13.2 Å². The molecule has 19 heavy (non-hydrogen) atoms. The molecule has 2 heterocycles. The highest BCUT2D eigenvalue weighted by atomic mass is 16.5. The Bertz CT molecular complexity index is 401. The first kappa shape index (κ1) is 14.0. The van der Waals surface area contributed by atoms with E-state index in [2.05, 4.69) is 15.4 Å². The number of hydrogen-bond acceptors (Lipinski definition) is 6. The van der Waals surface area contributed by atoms with Crippen LogP contribution < -0.4 is 5.32 Å². The van der Waals surface area contributed by atoms with Crippen molar-refractivity contribution in [2.75, 3.05) is 46.6 Å².